The summed E-state index contributed by atoms with van der Waals surface area (Å²) in [5.74, 6) is 0.834. The normalized spacial score (nSPS) is 11.7. The minimum atomic E-state index is -3.18. The summed E-state index contributed by atoms with van der Waals surface area (Å²) in [7, 11) is -0.182. The summed E-state index contributed by atoms with van der Waals surface area (Å²) in [6.07, 6.45) is 0. The molecule has 3 N–H and O–H groups in total. The van der Waals surface area contributed by atoms with Gasteiger partial charge in [-0.1, -0.05) is 0 Å². The van der Waals surface area contributed by atoms with Gasteiger partial charge in [-0.15, -0.1) is 10.2 Å². The van der Waals surface area contributed by atoms with Crippen LogP contribution in [-0.4, -0.2) is 49.3 Å². The lowest BCUT2D eigenvalue weighted by molar-refractivity contribution is 0.521. The lowest BCUT2D eigenvalue weighted by Gasteiger charge is -2.11. The summed E-state index contributed by atoms with van der Waals surface area (Å²) in [5, 5.41) is 10.2. The van der Waals surface area contributed by atoms with Crippen molar-refractivity contribution in [1.29, 1.82) is 0 Å². The molecule has 16 heavy (non-hydrogen) atoms. The molecule has 1 aromatic heterocycles. The standard InChI is InChI=1S/C8H15N5O2S/c1-13(2)16(14,15)6-5-10-8-4-3-7(9)11-12-8/h3-4H,5-6H2,1-2H3,(H2,9,11)(H,10,12). The molecule has 1 rings (SSSR count). The number of sulfonamides is 1. The molecule has 0 aliphatic heterocycles. The van der Waals surface area contributed by atoms with E-state index in [4.69, 9.17) is 5.73 Å². The van der Waals surface area contributed by atoms with Gasteiger partial charge in [0, 0.05) is 20.6 Å². The van der Waals surface area contributed by atoms with Gasteiger partial charge in [0.05, 0.1) is 5.75 Å². The van der Waals surface area contributed by atoms with E-state index >= 15 is 0 Å². The highest BCUT2D eigenvalue weighted by atomic mass is 32.2. The van der Waals surface area contributed by atoms with Crippen LogP contribution in [0.1, 0.15) is 0 Å². The van der Waals surface area contributed by atoms with E-state index in [2.05, 4.69) is 15.5 Å². The summed E-state index contributed by atoms with van der Waals surface area (Å²) in [6, 6.07) is 3.24. The first-order chi connectivity index (χ1) is 7.42. The maximum Gasteiger partial charge on any atom is 0.215 e. The van der Waals surface area contributed by atoms with E-state index in [0.717, 1.165) is 0 Å². The summed E-state index contributed by atoms with van der Waals surface area (Å²) in [6.45, 7) is 0.277. The number of nitrogens with one attached hydrogen (secondary N) is 1. The molecule has 1 aromatic rings. The van der Waals surface area contributed by atoms with Gasteiger partial charge in [0.25, 0.3) is 0 Å². The van der Waals surface area contributed by atoms with Gasteiger partial charge in [-0.05, 0) is 12.1 Å². The highest BCUT2D eigenvalue weighted by molar-refractivity contribution is 7.89. The fourth-order valence-corrected chi connectivity index (χ4v) is 1.65. The van der Waals surface area contributed by atoms with Crippen molar-refractivity contribution in [3.63, 3.8) is 0 Å². The number of nitrogens with zero attached hydrogens (tertiary/aromatic N) is 3. The van der Waals surface area contributed by atoms with Crippen molar-refractivity contribution in [3.05, 3.63) is 12.1 Å². The lowest BCUT2D eigenvalue weighted by atomic mass is 10.5. The van der Waals surface area contributed by atoms with Crippen LogP contribution >= 0.6 is 0 Å². The van der Waals surface area contributed by atoms with Crippen molar-refractivity contribution in [1.82, 2.24) is 14.5 Å². The molecule has 0 aliphatic carbocycles. The molecule has 0 aliphatic rings. The average Bonchev–Trinajstić information content (AvgIpc) is 2.20. The molecule has 0 bridgehead atoms. The minimum absolute atomic E-state index is 0.00601. The quantitative estimate of drug-likeness (QED) is 0.715. The Bertz CT molecular complexity index is 428. The zero-order valence-corrected chi connectivity index (χ0v) is 10.0. The van der Waals surface area contributed by atoms with Gasteiger partial charge in [-0.25, -0.2) is 12.7 Å². The van der Waals surface area contributed by atoms with Crippen LogP contribution in [0.4, 0.5) is 11.6 Å². The summed E-state index contributed by atoms with van der Waals surface area (Å²) < 4.78 is 24.0. The van der Waals surface area contributed by atoms with Crippen molar-refractivity contribution in [3.8, 4) is 0 Å². The molecule has 0 radical (unpaired) electrons. The zero-order chi connectivity index (χ0) is 12.2. The molecular formula is C8H15N5O2S. The van der Waals surface area contributed by atoms with E-state index in [0.29, 0.717) is 11.6 Å². The third-order valence-electron chi connectivity index (χ3n) is 1.91. The molecule has 0 unspecified atom stereocenters. The highest BCUT2D eigenvalue weighted by Gasteiger charge is 2.12. The number of hydrogen-bond acceptors (Lipinski definition) is 6. The second kappa shape index (κ2) is 5.08. The molecule has 0 atom stereocenters. The van der Waals surface area contributed by atoms with Crippen molar-refractivity contribution in [2.45, 2.75) is 0 Å². The Balaban J connectivity index is 2.45. The maximum absolute atomic E-state index is 11.4. The van der Waals surface area contributed by atoms with E-state index in [1.165, 1.54) is 18.4 Å². The molecule has 90 valence electrons. The van der Waals surface area contributed by atoms with Crippen molar-refractivity contribution in [2.24, 2.45) is 0 Å². The molecule has 0 spiro atoms. The van der Waals surface area contributed by atoms with E-state index in [1.54, 1.807) is 12.1 Å². The number of aromatic nitrogens is 2. The summed E-state index contributed by atoms with van der Waals surface area (Å²) in [4.78, 5) is 0. The third kappa shape index (κ3) is 3.63. The van der Waals surface area contributed by atoms with Crippen molar-refractivity contribution < 1.29 is 8.42 Å². The molecule has 7 nitrogen and oxygen atoms in total. The molecule has 0 amide bonds. The highest BCUT2D eigenvalue weighted by Crippen LogP contribution is 2.02. The Kier molecular flexibility index (Phi) is 4.02. The molecule has 0 fully saturated rings. The smallest absolute Gasteiger partial charge is 0.215 e. The van der Waals surface area contributed by atoms with Crippen LogP contribution in [0.5, 0.6) is 0 Å². The molecular weight excluding hydrogens is 230 g/mol. The van der Waals surface area contributed by atoms with Crippen LogP contribution in [0.15, 0.2) is 12.1 Å². The zero-order valence-electron chi connectivity index (χ0n) is 9.21. The monoisotopic (exact) mass is 245 g/mol. The van der Waals surface area contributed by atoms with Crippen molar-refractivity contribution >= 4 is 21.7 Å². The van der Waals surface area contributed by atoms with Crippen LogP contribution in [0.2, 0.25) is 0 Å². The molecule has 0 saturated heterocycles. The van der Waals surface area contributed by atoms with Gasteiger partial charge >= 0.3 is 0 Å². The van der Waals surface area contributed by atoms with Gasteiger partial charge in [0.2, 0.25) is 10.0 Å². The van der Waals surface area contributed by atoms with Gasteiger partial charge < -0.3 is 11.1 Å². The number of rotatable bonds is 5. The number of nitrogen functional groups attached to an aromatic ring is 1. The van der Waals surface area contributed by atoms with E-state index in [9.17, 15) is 8.42 Å². The predicted octanol–water partition coefficient (Wildman–Crippen LogP) is -0.638. The second-order valence-corrected chi connectivity index (χ2v) is 5.67. The Morgan fingerprint density at radius 3 is 2.56 bits per heavy atom. The van der Waals surface area contributed by atoms with Gasteiger partial charge in [-0.3, -0.25) is 0 Å². The first-order valence-electron chi connectivity index (χ1n) is 4.65. The Hall–Kier alpha value is -1.41. The first kappa shape index (κ1) is 12.7. The van der Waals surface area contributed by atoms with E-state index < -0.39 is 10.0 Å². The van der Waals surface area contributed by atoms with Crippen LogP contribution in [0.25, 0.3) is 0 Å². The Labute approximate surface area is 94.7 Å². The Morgan fingerprint density at radius 2 is 2.06 bits per heavy atom. The third-order valence-corrected chi connectivity index (χ3v) is 3.74. The topological polar surface area (TPSA) is 101 Å². The summed E-state index contributed by atoms with van der Waals surface area (Å²) >= 11 is 0. The van der Waals surface area contributed by atoms with Gasteiger partial charge in [-0.2, -0.15) is 0 Å². The predicted molar refractivity (Wildman–Crippen MR) is 62.4 cm³/mol. The maximum atomic E-state index is 11.4. The largest absolute Gasteiger partial charge is 0.382 e. The first-order valence-corrected chi connectivity index (χ1v) is 6.26. The van der Waals surface area contributed by atoms with Crippen LogP contribution < -0.4 is 11.1 Å². The number of anilines is 2. The van der Waals surface area contributed by atoms with Gasteiger partial charge in [0.15, 0.2) is 0 Å². The molecule has 0 aromatic carbocycles. The fourth-order valence-electron chi connectivity index (χ4n) is 0.928. The molecule has 1 heterocycles. The van der Waals surface area contributed by atoms with Crippen LogP contribution in [0.3, 0.4) is 0 Å². The van der Waals surface area contributed by atoms with Crippen LogP contribution in [-0.2, 0) is 10.0 Å². The average molecular weight is 245 g/mol. The number of nitrogens with two attached hydrogens (primary N) is 1. The SMILES string of the molecule is CN(C)S(=O)(=O)CCNc1ccc(N)nn1. The van der Waals surface area contributed by atoms with Gasteiger partial charge in [0.1, 0.15) is 11.6 Å². The number of hydrogen-bond donors (Lipinski definition) is 2. The summed E-state index contributed by atoms with van der Waals surface area (Å²) in [5.41, 5.74) is 5.36. The lowest BCUT2D eigenvalue weighted by Crippen LogP contribution is -2.28. The molecule has 0 saturated carbocycles. The van der Waals surface area contributed by atoms with Crippen LogP contribution in [0, 0.1) is 0 Å². The van der Waals surface area contributed by atoms with E-state index in [1.807, 2.05) is 0 Å². The minimum Gasteiger partial charge on any atom is -0.382 e. The molecule has 8 heteroatoms. The fraction of sp³-hybridized carbons (Fsp3) is 0.500. The van der Waals surface area contributed by atoms with Crippen molar-refractivity contribution in [2.75, 3.05) is 37.4 Å². The second-order valence-electron chi connectivity index (χ2n) is 3.37. The van der Waals surface area contributed by atoms with E-state index in [-0.39, 0.29) is 12.3 Å². The Morgan fingerprint density at radius 1 is 1.38 bits per heavy atom.